The van der Waals surface area contributed by atoms with Gasteiger partial charge < -0.3 is 20.0 Å². The molecule has 2 heterocycles. The molecule has 1 aliphatic rings. The molecule has 0 unspecified atom stereocenters. The lowest BCUT2D eigenvalue weighted by molar-refractivity contribution is 0.269. The Morgan fingerprint density at radius 1 is 1.03 bits per heavy atom. The summed E-state index contributed by atoms with van der Waals surface area (Å²) in [6, 6.07) is 8.87. The van der Waals surface area contributed by atoms with Crippen molar-refractivity contribution in [1.29, 1.82) is 0 Å². The van der Waals surface area contributed by atoms with Gasteiger partial charge in [-0.3, -0.25) is 9.89 Å². The number of rotatable bonds is 6. The van der Waals surface area contributed by atoms with Crippen LogP contribution in [0.15, 0.2) is 39.9 Å². The lowest BCUT2D eigenvalue weighted by Gasteiger charge is -2.20. The fraction of sp³-hybridized carbons (Fsp3) is 0.583. The fourth-order valence-corrected chi connectivity index (χ4v) is 3.58. The van der Waals surface area contributed by atoms with Gasteiger partial charge in [-0.15, -0.1) is 0 Å². The number of oxazole rings is 1. The van der Waals surface area contributed by atoms with Crippen LogP contribution in [0.25, 0.3) is 0 Å². The number of aliphatic imine (C=N–C) groups is 1. The summed E-state index contributed by atoms with van der Waals surface area (Å²) in [7, 11) is 3.98. The molecule has 170 valence electrons. The first kappa shape index (κ1) is 23.3. The third-order valence-corrected chi connectivity index (χ3v) is 5.62. The van der Waals surface area contributed by atoms with Crippen LogP contribution < -0.4 is 10.6 Å². The van der Waals surface area contributed by atoms with Crippen molar-refractivity contribution in [2.75, 3.05) is 40.3 Å². The molecule has 0 amide bonds. The molecule has 7 nitrogen and oxygen atoms in total. The van der Waals surface area contributed by atoms with Crippen LogP contribution in [0.4, 0.5) is 0 Å². The summed E-state index contributed by atoms with van der Waals surface area (Å²) >= 11 is 0. The Labute approximate surface area is 186 Å². The second-order valence-corrected chi connectivity index (χ2v) is 9.40. The van der Waals surface area contributed by atoms with Crippen LogP contribution in [0.5, 0.6) is 0 Å². The minimum atomic E-state index is -0.0408. The summed E-state index contributed by atoms with van der Waals surface area (Å²) in [6.45, 7) is 13.3. The normalized spacial score (nSPS) is 16.9. The van der Waals surface area contributed by atoms with Crippen LogP contribution in [0.3, 0.4) is 0 Å². The van der Waals surface area contributed by atoms with Gasteiger partial charge in [0.15, 0.2) is 5.96 Å². The van der Waals surface area contributed by atoms with Gasteiger partial charge in [-0.05, 0) is 37.7 Å². The third kappa shape index (κ3) is 7.36. The first-order valence-corrected chi connectivity index (χ1v) is 11.2. The first-order valence-electron chi connectivity index (χ1n) is 11.2. The standard InChI is InChI=1S/C24H38N6O/c1-24(2,3)21-16-26-22(31-21)17-28-23(25-4)27-15-19-7-9-20(10-8-19)18-30-12-6-11-29(5)13-14-30/h7-10,16H,6,11-15,17-18H2,1-5H3,(H2,25,27,28). The Morgan fingerprint density at radius 3 is 2.42 bits per heavy atom. The number of guanidine groups is 1. The second kappa shape index (κ2) is 10.8. The van der Waals surface area contributed by atoms with Crippen LogP contribution in [-0.2, 0) is 25.0 Å². The van der Waals surface area contributed by atoms with Crippen molar-refractivity contribution in [3.05, 3.63) is 53.2 Å². The summed E-state index contributed by atoms with van der Waals surface area (Å²) in [6.07, 6.45) is 3.05. The summed E-state index contributed by atoms with van der Waals surface area (Å²) in [5, 5.41) is 6.63. The quantitative estimate of drug-likeness (QED) is 0.547. The highest BCUT2D eigenvalue weighted by Crippen LogP contribution is 2.22. The van der Waals surface area contributed by atoms with Crippen LogP contribution in [0.1, 0.15) is 50.0 Å². The molecule has 3 rings (SSSR count). The van der Waals surface area contributed by atoms with E-state index in [9.17, 15) is 0 Å². The smallest absolute Gasteiger partial charge is 0.213 e. The van der Waals surface area contributed by atoms with E-state index in [1.54, 1.807) is 13.2 Å². The van der Waals surface area contributed by atoms with Crippen molar-refractivity contribution in [3.8, 4) is 0 Å². The molecule has 0 aliphatic carbocycles. The van der Waals surface area contributed by atoms with Crippen molar-refractivity contribution in [2.24, 2.45) is 4.99 Å². The van der Waals surface area contributed by atoms with Gasteiger partial charge in [0.1, 0.15) is 5.76 Å². The van der Waals surface area contributed by atoms with Gasteiger partial charge in [-0.2, -0.15) is 0 Å². The summed E-state index contributed by atoms with van der Waals surface area (Å²) in [5.41, 5.74) is 2.56. The molecule has 2 N–H and O–H groups in total. The Kier molecular flexibility index (Phi) is 8.09. The van der Waals surface area contributed by atoms with E-state index in [2.05, 4.69) is 82.5 Å². The molecular weight excluding hydrogens is 388 g/mol. The van der Waals surface area contributed by atoms with Crippen molar-refractivity contribution < 1.29 is 4.42 Å². The Hall–Kier alpha value is -2.38. The summed E-state index contributed by atoms with van der Waals surface area (Å²) in [5.74, 6) is 2.28. The van der Waals surface area contributed by atoms with E-state index in [1.807, 2.05) is 0 Å². The minimum Gasteiger partial charge on any atom is -0.443 e. The molecule has 0 radical (unpaired) electrons. The molecule has 0 saturated carbocycles. The molecule has 31 heavy (non-hydrogen) atoms. The van der Waals surface area contributed by atoms with Crippen LogP contribution in [0.2, 0.25) is 0 Å². The maximum absolute atomic E-state index is 5.83. The van der Waals surface area contributed by atoms with Gasteiger partial charge in [0.25, 0.3) is 0 Å². The van der Waals surface area contributed by atoms with Crippen molar-refractivity contribution in [2.45, 2.75) is 52.2 Å². The minimum absolute atomic E-state index is 0.0408. The Morgan fingerprint density at radius 2 is 1.74 bits per heavy atom. The average Bonchev–Trinajstić information content (AvgIpc) is 3.14. The highest BCUT2D eigenvalue weighted by Gasteiger charge is 2.19. The number of hydrogen-bond acceptors (Lipinski definition) is 5. The maximum Gasteiger partial charge on any atom is 0.213 e. The molecule has 1 aromatic heterocycles. The predicted molar refractivity (Wildman–Crippen MR) is 126 cm³/mol. The van der Waals surface area contributed by atoms with Gasteiger partial charge in [-0.1, -0.05) is 45.0 Å². The largest absolute Gasteiger partial charge is 0.443 e. The van der Waals surface area contributed by atoms with Gasteiger partial charge in [0.05, 0.1) is 12.7 Å². The lowest BCUT2D eigenvalue weighted by atomic mass is 9.94. The molecule has 0 spiro atoms. The van der Waals surface area contributed by atoms with Crippen LogP contribution in [-0.4, -0.2) is 61.0 Å². The Balaban J connectivity index is 1.44. The molecule has 1 aromatic carbocycles. The highest BCUT2D eigenvalue weighted by atomic mass is 16.4. The molecule has 2 aromatic rings. The Bertz CT molecular complexity index is 836. The van der Waals surface area contributed by atoms with Crippen molar-refractivity contribution in [3.63, 3.8) is 0 Å². The SMILES string of the molecule is CN=C(NCc1ccc(CN2CCCN(C)CC2)cc1)NCc1ncc(C(C)(C)C)o1. The van der Waals surface area contributed by atoms with Crippen LogP contribution in [0, 0.1) is 0 Å². The maximum atomic E-state index is 5.83. The van der Waals surface area contributed by atoms with Gasteiger partial charge in [0.2, 0.25) is 5.89 Å². The number of nitrogens with one attached hydrogen (secondary N) is 2. The van der Waals surface area contributed by atoms with Crippen LogP contribution >= 0.6 is 0 Å². The zero-order valence-corrected chi connectivity index (χ0v) is 19.7. The summed E-state index contributed by atoms with van der Waals surface area (Å²) < 4.78 is 5.83. The molecule has 1 fully saturated rings. The number of hydrogen-bond donors (Lipinski definition) is 2. The first-order chi connectivity index (χ1) is 14.8. The second-order valence-electron chi connectivity index (χ2n) is 9.40. The summed E-state index contributed by atoms with van der Waals surface area (Å²) in [4.78, 5) is 13.6. The monoisotopic (exact) mass is 426 g/mol. The molecule has 0 atom stereocenters. The average molecular weight is 427 g/mol. The van der Waals surface area contributed by atoms with E-state index in [-0.39, 0.29) is 5.41 Å². The van der Waals surface area contributed by atoms with Gasteiger partial charge in [0, 0.05) is 38.6 Å². The number of nitrogens with zero attached hydrogens (tertiary/aromatic N) is 4. The van der Waals surface area contributed by atoms with E-state index < -0.39 is 0 Å². The van der Waals surface area contributed by atoms with E-state index in [0.29, 0.717) is 19.0 Å². The van der Waals surface area contributed by atoms with E-state index in [4.69, 9.17) is 4.42 Å². The van der Waals surface area contributed by atoms with E-state index >= 15 is 0 Å². The molecule has 1 saturated heterocycles. The zero-order chi connectivity index (χ0) is 22.3. The molecule has 7 heteroatoms. The van der Waals surface area contributed by atoms with Crippen molar-refractivity contribution in [1.82, 2.24) is 25.4 Å². The number of benzene rings is 1. The third-order valence-electron chi connectivity index (χ3n) is 5.62. The van der Waals surface area contributed by atoms with Gasteiger partial charge in [-0.25, -0.2) is 4.98 Å². The van der Waals surface area contributed by atoms with Gasteiger partial charge >= 0.3 is 0 Å². The molecular formula is C24H38N6O. The topological polar surface area (TPSA) is 68.9 Å². The van der Waals surface area contributed by atoms with E-state index in [1.165, 1.54) is 30.6 Å². The molecule has 0 bridgehead atoms. The zero-order valence-electron chi connectivity index (χ0n) is 19.7. The highest BCUT2D eigenvalue weighted by molar-refractivity contribution is 5.79. The predicted octanol–water partition coefficient (Wildman–Crippen LogP) is 2.97. The fourth-order valence-electron chi connectivity index (χ4n) is 3.58. The lowest BCUT2D eigenvalue weighted by Crippen LogP contribution is -2.36. The van der Waals surface area contributed by atoms with E-state index in [0.717, 1.165) is 31.4 Å². The number of aromatic nitrogens is 1. The van der Waals surface area contributed by atoms with Crippen molar-refractivity contribution >= 4 is 5.96 Å². The number of likely N-dealkylation sites (N-methyl/N-ethyl adjacent to an activating group) is 1. The molecule has 1 aliphatic heterocycles.